The van der Waals surface area contributed by atoms with E-state index in [9.17, 15) is 9.59 Å². The molecule has 2 aliphatic heterocycles. The minimum atomic E-state index is -0.249. The molecule has 0 unspecified atom stereocenters. The van der Waals surface area contributed by atoms with E-state index < -0.39 is 0 Å². The lowest BCUT2D eigenvalue weighted by Gasteiger charge is -2.23. The zero-order valence-electron chi connectivity index (χ0n) is 15.3. The summed E-state index contributed by atoms with van der Waals surface area (Å²) in [6.07, 6.45) is 1.06. The Balaban J connectivity index is 1.22. The molecule has 2 N–H and O–H groups in total. The number of quaternary nitrogens is 1. The van der Waals surface area contributed by atoms with Crippen molar-refractivity contribution in [1.82, 2.24) is 15.1 Å². The van der Waals surface area contributed by atoms with Gasteiger partial charge in [-0.1, -0.05) is 35.2 Å². The van der Waals surface area contributed by atoms with Crippen LogP contribution in [0.4, 0.5) is 5.13 Å². The standard InChI is InChI=1S/C18H21N5O3S2/c24-15-13-4-1-2-5-14(13)16(25)23(15)12-27-18-21-20-17(28-18)19-6-3-7-22-8-10-26-11-9-22/h1-2,4-5H,3,6-12H2,(H,19,20)/p+1. The van der Waals surface area contributed by atoms with Crippen molar-refractivity contribution in [3.63, 3.8) is 0 Å². The van der Waals surface area contributed by atoms with Crippen LogP contribution in [0.15, 0.2) is 28.6 Å². The zero-order chi connectivity index (χ0) is 19.3. The molecule has 0 bridgehead atoms. The molecular formula is C18H22N5O3S2+. The highest BCUT2D eigenvalue weighted by Crippen LogP contribution is 2.29. The first-order chi connectivity index (χ1) is 13.7. The van der Waals surface area contributed by atoms with Crippen LogP contribution in [0.5, 0.6) is 0 Å². The average molecular weight is 421 g/mol. The Hall–Kier alpha value is -2.01. The number of morpholine rings is 1. The second kappa shape index (κ2) is 8.99. The lowest BCUT2D eigenvalue weighted by molar-refractivity contribution is -0.908. The Morgan fingerprint density at radius 3 is 2.57 bits per heavy atom. The molecule has 4 rings (SSSR count). The molecular weight excluding hydrogens is 398 g/mol. The van der Waals surface area contributed by atoms with Gasteiger partial charge in [0.25, 0.3) is 11.8 Å². The number of anilines is 1. The summed E-state index contributed by atoms with van der Waals surface area (Å²) in [7, 11) is 0. The number of aromatic nitrogens is 2. The Morgan fingerprint density at radius 2 is 1.86 bits per heavy atom. The van der Waals surface area contributed by atoms with Crippen molar-refractivity contribution in [3.05, 3.63) is 35.4 Å². The second-order valence-electron chi connectivity index (χ2n) is 6.62. The molecule has 1 aromatic heterocycles. The average Bonchev–Trinajstić information content (AvgIpc) is 3.28. The number of rotatable bonds is 8. The van der Waals surface area contributed by atoms with E-state index in [0.29, 0.717) is 11.1 Å². The largest absolute Gasteiger partial charge is 0.370 e. The Kier molecular flexibility index (Phi) is 6.20. The number of nitrogens with zero attached hydrogens (tertiary/aromatic N) is 3. The van der Waals surface area contributed by atoms with Crippen molar-refractivity contribution >= 4 is 40.0 Å². The molecule has 0 aliphatic carbocycles. The molecule has 0 radical (unpaired) electrons. The number of thioether (sulfide) groups is 1. The molecule has 1 aromatic carbocycles. The van der Waals surface area contributed by atoms with E-state index in [2.05, 4.69) is 15.5 Å². The fourth-order valence-electron chi connectivity index (χ4n) is 3.26. The zero-order valence-corrected chi connectivity index (χ0v) is 17.0. The third-order valence-electron chi connectivity index (χ3n) is 4.79. The van der Waals surface area contributed by atoms with Gasteiger partial charge in [0, 0.05) is 13.0 Å². The van der Waals surface area contributed by atoms with Crippen LogP contribution in [0, 0.1) is 0 Å². The van der Waals surface area contributed by atoms with Gasteiger partial charge in [-0.25, -0.2) is 0 Å². The van der Waals surface area contributed by atoms with Crippen LogP contribution >= 0.6 is 23.1 Å². The molecule has 28 heavy (non-hydrogen) atoms. The van der Waals surface area contributed by atoms with Gasteiger partial charge < -0.3 is 15.0 Å². The molecule has 148 valence electrons. The maximum absolute atomic E-state index is 12.4. The van der Waals surface area contributed by atoms with Gasteiger partial charge in [0.2, 0.25) is 5.13 Å². The molecule has 2 amide bonds. The summed E-state index contributed by atoms with van der Waals surface area (Å²) in [5.74, 6) is -0.260. The summed E-state index contributed by atoms with van der Waals surface area (Å²) >= 11 is 2.79. The van der Waals surface area contributed by atoms with Crippen molar-refractivity contribution in [2.24, 2.45) is 0 Å². The van der Waals surface area contributed by atoms with E-state index in [1.807, 2.05) is 0 Å². The molecule has 1 saturated heterocycles. The van der Waals surface area contributed by atoms with Gasteiger partial charge in [0.05, 0.1) is 36.8 Å². The predicted molar refractivity (Wildman–Crippen MR) is 107 cm³/mol. The summed E-state index contributed by atoms with van der Waals surface area (Å²) in [5, 5.41) is 12.4. The number of nitrogens with one attached hydrogen (secondary N) is 2. The molecule has 10 heteroatoms. The predicted octanol–water partition coefficient (Wildman–Crippen LogP) is 0.601. The molecule has 0 saturated carbocycles. The molecule has 0 atom stereocenters. The number of carbonyl (C=O) groups excluding carboxylic acids is 2. The van der Waals surface area contributed by atoms with Crippen molar-refractivity contribution < 1.29 is 19.2 Å². The third kappa shape index (κ3) is 4.35. The topological polar surface area (TPSA) is 88.9 Å². The number of imide groups is 1. The normalized spacial score (nSPS) is 17.2. The van der Waals surface area contributed by atoms with Crippen molar-refractivity contribution in [2.75, 3.05) is 50.6 Å². The summed E-state index contributed by atoms with van der Waals surface area (Å²) in [5.41, 5.74) is 0.935. The van der Waals surface area contributed by atoms with Crippen LogP contribution in [0.25, 0.3) is 0 Å². The summed E-state index contributed by atoms with van der Waals surface area (Å²) < 4.78 is 6.10. The van der Waals surface area contributed by atoms with E-state index in [-0.39, 0.29) is 17.7 Å². The van der Waals surface area contributed by atoms with Gasteiger partial charge in [-0.3, -0.25) is 14.5 Å². The van der Waals surface area contributed by atoms with E-state index in [0.717, 1.165) is 55.3 Å². The molecule has 2 aromatic rings. The summed E-state index contributed by atoms with van der Waals surface area (Å²) in [6, 6.07) is 6.91. The van der Waals surface area contributed by atoms with E-state index >= 15 is 0 Å². The van der Waals surface area contributed by atoms with Gasteiger partial charge >= 0.3 is 0 Å². The Bertz CT molecular complexity index is 818. The molecule has 8 nitrogen and oxygen atoms in total. The number of amides is 2. The first-order valence-corrected chi connectivity index (χ1v) is 11.1. The minimum absolute atomic E-state index is 0.237. The SMILES string of the molecule is O=C1c2ccccc2C(=O)N1CSc1nnc(NCCC[NH+]2CCOCC2)s1. The van der Waals surface area contributed by atoms with E-state index in [1.165, 1.54) is 28.0 Å². The van der Waals surface area contributed by atoms with Crippen LogP contribution < -0.4 is 10.2 Å². The number of fused-ring (bicyclic) bond motifs is 1. The van der Waals surface area contributed by atoms with Crippen molar-refractivity contribution in [3.8, 4) is 0 Å². The second-order valence-corrected chi connectivity index (χ2v) is 8.79. The first-order valence-electron chi connectivity index (χ1n) is 9.29. The quantitative estimate of drug-likeness (QED) is 0.367. The monoisotopic (exact) mass is 420 g/mol. The number of ether oxygens (including phenoxy) is 1. The Morgan fingerprint density at radius 1 is 1.14 bits per heavy atom. The van der Waals surface area contributed by atoms with Crippen molar-refractivity contribution in [2.45, 2.75) is 10.8 Å². The maximum Gasteiger partial charge on any atom is 0.262 e. The fraction of sp³-hybridized carbons (Fsp3) is 0.444. The fourth-order valence-corrected chi connectivity index (χ4v) is 4.97. The molecule has 2 aliphatic rings. The number of hydrogen-bond donors (Lipinski definition) is 2. The van der Waals surface area contributed by atoms with Crippen LogP contribution in [-0.2, 0) is 4.74 Å². The number of benzene rings is 1. The van der Waals surface area contributed by atoms with Gasteiger partial charge in [0.15, 0.2) is 4.34 Å². The van der Waals surface area contributed by atoms with Crippen LogP contribution in [0.2, 0.25) is 0 Å². The minimum Gasteiger partial charge on any atom is -0.370 e. The van der Waals surface area contributed by atoms with Crippen LogP contribution in [0.3, 0.4) is 0 Å². The highest BCUT2D eigenvalue weighted by molar-refractivity contribution is 8.01. The lowest BCUT2D eigenvalue weighted by atomic mass is 10.1. The van der Waals surface area contributed by atoms with Crippen LogP contribution in [0.1, 0.15) is 27.1 Å². The van der Waals surface area contributed by atoms with Crippen LogP contribution in [-0.4, -0.2) is 72.2 Å². The highest BCUT2D eigenvalue weighted by atomic mass is 32.2. The lowest BCUT2D eigenvalue weighted by Crippen LogP contribution is -3.14. The van der Waals surface area contributed by atoms with Gasteiger partial charge in [0.1, 0.15) is 13.1 Å². The van der Waals surface area contributed by atoms with Crippen molar-refractivity contribution in [1.29, 1.82) is 0 Å². The maximum atomic E-state index is 12.4. The van der Waals surface area contributed by atoms with Gasteiger partial charge in [-0.05, 0) is 12.1 Å². The van der Waals surface area contributed by atoms with Gasteiger partial charge in [-0.2, -0.15) is 0 Å². The molecule has 0 spiro atoms. The van der Waals surface area contributed by atoms with Gasteiger partial charge in [-0.15, -0.1) is 10.2 Å². The Labute approximate surface area is 171 Å². The molecule has 1 fully saturated rings. The number of hydrogen-bond acceptors (Lipinski definition) is 8. The molecule has 3 heterocycles. The number of carbonyl (C=O) groups is 2. The summed E-state index contributed by atoms with van der Waals surface area (Å²) in [6.45, 7) is 5.84. The van der Waals surface area contributed by atoms with E-state index in [4.69, 9.17) is 4.74 Å². The smallest absolute Gasteiger partial charge is 0.262 e. The first kappa shape index (κ1) is 19.3. The third-order valence-corrected chi connectivity index (χ3v) is 6.78. The summed E-state index contributed by atoms with van der Waals surface area (Å²) in [4.78, 5) is 27.6. The van der Waals surface area contributed by atoms with E-state index in [1.54, 1.807) is 29.2 Å². The highest BCUT2D eigenvalue weighted by Gasteiger charge is 2.35.